The van der Waals surface area contributed by atoms with Gasteiger partial charge in [-0.15, -0.1) is 10.2 Å². The van der Waals surface area contributed by atoms with E-state index in [0.717, 1.165) is 31.1 Å². The number of fused-ring (bicyclic) bond motifs is 1. The number of benzene rings is 2. The van der Waals surface area contributed by atoms with Crippen LogP contribution in [-0.4, -0.2) is 50.8 Å². The molecule has 2 N–H and O–H groups in total. The molecule has 1 fully saturated rings. The minimum Gasteiger partial charge on any atom is -0.385 e. The molecule has 2 aromatic heterocycles. The zero-order valence-electron chi connectivity index (χ0n) is 16.5. The summed E-state index contributed by atoms with van der Waals surface area (Å²) in [5, 5.41) is 12.7. The van der Waals surface area contributed by atoms with Crippen molar-refractivity contribution in [2.75, 3.05) is 31.5 Å². The van der Waals surface area contributed by atoms with Gasteiger partial charge in [-0.25, -0.2) is 0 Å². The average Bonchev–Trinajstić information content (AvgIpc) is 3.52. The summed E-state index contributed by atoms with van der Waals surface area (Å²) in [4.78, 5) is 6.01. The first kappa shape index (κ1) is 17.9. The van der Waals surface area contributed by atoms with Crippen LogP contribution in [0.25, 0.3) is 16.6 Å². The molecule has 5 rings (SSSR count). The first-order chi connectivity index (χ1) is 14.3. The maximum Gasteiger partial charge on any atom is 0.123 e. The van der Waals surface area contributed by atoms with Crippen molar-refractivity contribution in [1.29, 1.82) is 0 Å². The second-order valence-corrected chi connectivity index (χ2v) is 7.87. The minimum atomic E-state index is 0.721. The minimum absolute atomic E-state index is 0.721. The Morgan fingerprint density at radius 3 is 2.79 bits per heavy atom. The molecule has 2 aromatic carbocycles. The molecule has 6 heteroatoms. The SMILES string of the molecule is c1ccc(NC[C@@H]2CCN(CCc3c[nH]c4ccc(-n5cnnc5)cc34)C2)cc1. The number of para-hydroxylation sites is 1. The molecular formula is C23H26N6. The fraction of sp³-hybridized carbons (Fsp3) is 0.304. The second-order valence-electron chi connectivity index (χ2n) is 7.87. The van der Waals surface area contributed by atoms with Crippen molar-refractivity contribution >= 4 is 16.6 Å². The third-order valence-electron chi connectivity index (χ3n) is 5.90. The van der Waals surface area contributed by atoms with Gasteiger partial charge in [0.1, 0.15) is 12.7 Å². The molecule has 0 unspecified atom stereocenters. The Hall–Kier alpha value is -3.12. The lowest BCUT2D eigenvalue weighted by Gasteiger charge is -2.16. The Balaban J connectivity index is 1.18. The summed E-state index contributed by atoms with van der Waals surface area (Å²) >= 11 is 0. The lowest BCUT2D eigenvalue weighted by Crippen LogP contribution is -2.25. The molecule has 148 valence electrons. The van der Waals surface area contributed by atoms with E-state index < -0.39 is 0 Å². The topological polar surface area (TPSA) is 61.8 Å². The van der Waals surface area contributed by atoms with Crippen LogP contribution in [0, 0.1) is 5.92 Å². The van der Waals surface area contributed by atoms with Gasteiger partial charge in [-0.2, -0.15) is 0 Å². The number of hydrogen-bond donors (Lipinski definition) is 2. The fourth-order valence-electron chi connectivity index (χ4n) is 4.25. The van der Waals surface area contributed by atoms with Gasteiger partial charge in [0, 0.05) is 48.1 Å². The Kier molecular flexibility index (Phi) is 5.01. The molecule has 0 radical (unpaired) electrons. The highest BCUT2D eigenvalue weighted by Crippen LogP contribution is 2.23. The van der Waals surface area contributed by atoms with Crippen molar-refractivity contribution in [3.8, 4) is 5.69 Å². The lowest BCUT2D eigenvalue weighted by molar-refractivity contribution is 0.331. The van der Waals surface area contributed by atoms with Gasteiger partial charge >= 0.3 is 0 Å². The number of nitrogens with one attached hydrogen (secondary N) is 2. The van der Waals surface area contributed by atoms with Crippen molar-refractivity contribution in [3.63, 3.8) is 0 Å². The lowest BCUT2D eigenvalue weighted by atomic mass is 10.1. The molecule has 1 aliphatic heterocycles. The maximum atomic E-state index is 3.91. The third kappa shape index (κ3) is 4.03. The summed E-state index contributed by atoms with van der Waals surface area (Å²) in [5.74, 6) is 0.721. The van der Waals surface area contributed by atoms with Crippen LogP contribution in [-0.2, 0) is 6.42 Å². The van der Waals surface area contributed by atoms with Crippen molar-refractivity contribution in [3.05, 3.63) is 72.9 Å². The molecule has 0 saturated carbocycles. The van der Waals surface area contributed by atoms with Crippen molar-refractivity contribution in [2.45, 2.75) is 12.8 Å². The van der Waals surface area contributed by atoms with Gasteiger partial charge in [0.05, 0.1) is 0 Å². The van der Waals surface area contributed by atoms with Crippen LogP contribution in [0.4, 0.5) is 5.69 Å². The molecule has 3 heterocycles. The number of aromatic amines is 1. The van der Waals surface area contributed by atoms with E-state index >= 15 is 0 Å². The molecule has 1 saturated heterocycles. The van der Waals surface area contributed by atoms with Crippen molar-refractivity contribution < 1.29 is 0 Å². The summed E-state index contributed by atoms with van der Waals surface area (Å²) in [5.41, 5.74) is 4.87. The first-order valence-corrected chi connectivity index (χ1v) is 10.3. The van der Waals surface area contributed by atoms with E-state index in [2.05, 4.69) is 80.1 Å². The van der Waals surface area contributed by atoms with Crippen molar-refractivity contribution in [1.82, 2.24) is 24.6 Å². The van der Waals surface area contributed by atoms with Gasteiger partial charge in [0.25, 0.3) is 0 Å². The molecule has 0 aliphatic carbocycles. The largest absolute Gasteiger partial charge is 0.385 e. The quantitative estimate of drug-likeness (QED) is 0.508. The molecule has 1 atom stereocenters. The Bertz CT molecular complexity index is 1050. The number of likely N-dealkylation sites (tertiary alicyclic amines) is 1. The van der Waals surface area contributed by atoms with Crippen LogP contribution in [0.3, 0.4) is 0 Å². The molecular weight excluding hydrogens is 360 g/mol. The molecule has 4 aromatic rings. The number of anilines is 1. The van der Waals surface area contributed by atoms with E-state index in [1.54, 1.807) is 12.7 Å². The first-order valence-electron chi connectivity index (χ1n) is 10.3. The van der Waals surface area contributed by atoms with Gasteiger partial charge in [-0.3, -0.25) is 4.57 Å². The normalized spacial score (nSPS) is 17.2. The third-order valence-corrected chi connectivity index (χ3v) is 5.90. The standard InChI is InChI=1S/C23H26N6/c1-2-4-20(5-3-1)24-13-18-8-10-28(15-18)11-9-19-14-25-23-7-6-21(12-22(19)23)29-16-26-27-17-29/h1-7,12,14,16-18,24-25H,8-11,13,15H2/t18-/m0/s1. The van der Waals surface area contributed by atoms with E-state index in [9.17, 15) is 0 Å². The van der Waals surface area contributed by atoms with Crippen LogP contribution in [0.2, 0.25) is 0 Å². The monoisotopic (exact) mass is 386 g/mol. The molecule has 0 spiro atoms. The summed E-state index contributed by atoms with van der Waals surface area (Å²) in [6, 6.07) is 16.9. The molecule has 0 amide bonds. The van der Waals surface area contributed by atoms with E-state index in [0.29, 0.717) is 0 Å². The van der Waals surface area contributed by atoms with E-state index in [4.69, 9.17) is 0 Å². The van der Waals surface area contributed by atoms with E-state index in [1.807, 2.05) is 4.57 Å². The number of hydrogen-bond acceptors (Lipinski definition) is 4. The number of H-pyrrole nitrogens is 1. The smallest absolute Gasteiger partial charge is 0.123 e. The van der Waals surface area contributed by atoms with E-state index in [1.165, 1.54) is 41.7 Å². The highest BCUT2D eigenvalue weighted by Gasteiger charge is 2.22. The number of nitrogens with zero attached hydrogens (tertiary/aromatic N) is 4. The summed E-state index contributed by atoms with van der Waals surface area (Å²) in [6.07, 6.45) is 7.96. The number of rotatable bonds is 7. The van der Waals surface area contributed by atoms with Crippen LogP contribution < -0.4 is 5.32 Å². The predicted molar refractivity (Wildman–Crippen MR) is 116 cm³/mol. The van der Waals surface area contributed by atoms with E-state index in [-0.39, 0.29) is 0 Å². The molecule has 6 nitrogen and oxygen atoms in total. The molecule has 29 heavy (non-hydrogen) atoms. The van der Waals surface area contributed by atoms with Gasteiger partial charge in [-0.05, 0) is 61.2 Å². The second kappa shape index (κ2) is 8.09. The highest BCUT2D eigenvalue weighted by atomic mass is 15.2. The highest BCUT2D eigenvalue weighted by molar-refractivity contribution is 5.85. The van der Waals surface area contributed by atoms with Gasteiger partial charge in [-0.1, -0.05) is 18.2 Å². The van der Waals surface area contributed by atoms with Gasteiger partial charge in [0.15, 0.2) is 0 Å². The van der Waals surface area contributed by atoms with Crippen molar-refractivity contribution in [2.24, 2.45) is 5.92 Å². The Labute approximate surface area is 170 Å². The van der Waals surface area contributed by atoms with Crippen LogP contribution in [0.15, 0.2) is 67.4 Å². The zero-order valence-corrected chi connectivity index (χ0v) is 16.5. The zero-order chi connectivity index (χ0) is 19.5. The predicted octanol–water partition coefficient (Wildman–Crippen LogP) is 3.73. The molecule has 0 bridgehead atoms. The summed E-state index contributed by atoms with van der Waals surface area (Å²) in [7, 11) is 0. The van der Waals surface area contributed by atoms with Crippen LogP contribution in [0.1, 0.15) is 12.0 Å². The number of aromatic nitrogens is 4. The van der Waals surface area contributed by atoms with Crippen LogP contribution >= 0.6 is 0 Å². The maximum absolute atomic E-state index is 3.91. The summed E-state index contributed by atoms with van der Waals surface area (Å²) in [6.45, 7) is 4.52. The fourth-order valence-corrected chi connectivity index (χ4v) is 4.25. The van der Waals surface area contributed by atoms with Crippen LogP contribution in [0.5, 0.6) is 0 Å². The molecule has 1 aliphatic rings. The van der Waals surface area contributed by atoms with Gasteiger partial charge < -0.3 is 15.2 Å². The van der Waals surface area contributed by atoms with Gasteiger partial charge in [0.2, 0.25) is 0 Å². The Morgan fingerprint density at radius 1 is 1.07 bits per heavy atom. The average molecular weight is 387 g/mol. The summed E-state index contributed by atoms with van der Waals surface area (Å²) < 4.78 is 1.95. The Morgan fingerprint density at radius 2 is 1.93 bits per heavy atom.